The van der Waals surface area contributed by atoms with Crippen LogP contribution in [0.1, 0.15) is 43.4 Å². The fraction of sp³-hybridized carbons (Fsp3) is 0.375. The summed E-state index contributed by atoms with van der Waals surface area (Å²) in [6.07, 6.45) is 1.67. The Morgan fingerprint density at radius 1 is 0.952 bits per heavy atom. The maximum atomic E-state index is 14.0. The van der Waals surface area contributed by atoms with Gasteiger partial charge in [0, 0.05) is 37.5 Å². The second-order valence-corrected chi connectivity index (χ2v) is 13.6. The zero-order valence-corrected chi connectivity index (χ0v) is 26.8. The van der Waals surface area contributed by atoms with Crippen LogP contribution in [0.25, 0.3) is 0 Å². The Hall–Kier alpha value is -3.07. The Labute approximate surface area is 259 Å². The Balaban J connectivity index is 1.91. The summed E-state index contributed by atoms with van der Waals surface area (Å²) < 4.78 is 26.5. The maximum Gasteiger partial charge on any atom is 0.243 e. The van der Waals surface area contributed by atoms with Crippen molar-refractivity contribution in [3.8, 4) is 0 Å². The standard InChI is InChI=1S/C32H39Cl2N3O4S/c1-23(2)21-35-32(39)30(19-25-12-6-5-7-13-25)36(22-26-14-9-8-11-24(26)3)31(38)15-10-18-37(42(4,40)41)29-20-27(33)16-17-28(29)34/h5-9,11-14,16-17,20,23,30H,10,15,18-19,21-22H2,1-4H3,(H,35,39). The van der Waals surface area contributed by atoms with E-state index in [2.05, 4.69) is 5.32 Å². The molecule has 0 saturated carbocycles. The molecule has 0 radical (unpaired) electrons. The number of hydrogen-bond donors (Lipinski definition) is 1. The number of nitrogens with one attached hydrogen (secondary N) is 1. The summed E-state index contributed by atoms with van der Waals surface area (Å²) >= 11 is 12.4. The van der Waals surface area contributed by atoms with Crippen LogP contribution < -0.4 is 9.62 Å². The molecule has 0 aliphatic carbocycles. The number of halogens is 2. The zero-order valence-electron chi connectivity index (χ0n) is 24.5. The normalized spacial score (nSPS) is 12.2. The SMILES string of the molecule is Cc1ccccc1CN(C(=O)CCCN(c1cc(Cl)ccc1Cl)S(C)(=O)=O)C(Cc1ccccc1)C(=O)NCC(C)C. The Morgan fingerprint density at radius 2 is 1.62 bits per heavy atom. The number of anilines is 1. The molecule has 0 aromatic heterocycles. The summed E-state index contributed by atoms with van der Waals surface area (Å²) in [4.78, 5) is 29.2. The monoisotopic (exact) mass is 631 g/mol. The highest BCUT2D eigenvalue weighted by Gasteiger charge is 2.31. The first-order chi connectivity index (χ1) is 19.9. The van der Waals surface area contributed by atoms with E-state index in [9.17, 15) is 18.0 Å². The lowest BCUT2D eigenvalue weighted by Crippen LogP contribution is -2.51. The summed E-state index contributed by atoms with van der Waals surface area (Å²) in [7, 11) is -3.71. The third-order valence-corrected chi connectivity index (χ3v) is 8.62. The first-order valence-electron chi connectivity index (χ1n) is 13.9. The number of amides is 2. The molecule has 226 valence electrons. The third-order valence-electron chi connectivity index (χ3n) is 6.89. The number of carbonyl (C=O) groups excluding carboxylic acids is 2. The molecule has 1 unspecified atom stereocenters. The highest BCUT2D eigenvalue weighted by atomic mass is 35.5. The van der Waals surface area contributed by atoms with Gasteiger partial charge in [-0.25, -0.2) is 8.42 Å². The van der Waals surface area contributed by atoms with Crippen molar-refractivity contribution in [1.82, 2.24) is 10.2 Å². The highest BCUT2D eigenvalue weighted by molar-refractivity contribution is 7.92. The average molecular weight is 633 g/mol. The number of carbonyl (C=O) groups is 2. The molecular weight excluding hydrogens is 593 g/mol. The van der Waals surface area contributed by atoms with Crippen LogP contribution in [0.15, 0.2) is 72.8 Å². The van der Waals surface area contributed by atoms with Crippen molar-refractivity contribution in [3.05, 3.63) is 99.5 Å². The zero-order chi connectivity index (χ0) is 30.9. The molecule has 2 amide bonds. The molecule has 0 spiro atoms. The van der Waals surface area contributed by atoms with Crippen LogP contribution in [0, 0.1) is 12.8 Å². The van der Waals surface area contributed by atoms with E-state index in [0.29, 0.717) is 18.0 Å². The van der Waals surface area contributed by atoms with Gasteiger partial charge >= 0.3 is 0 Å². The lowest BCUT2D eigenvalue weighted by Gasteiger charge is -2.32. The van der Waals surface area contributed by atoms with Crippen molar-refractivity contribution in [2.75, 3.05) is 23.7 Å². The van der Waals surface area contributed by atoms with Gasteiger partial charge in [-0.1, -0.05) is 91.6 Å². The number of hydrogen-bond acceptors (Lipinski definition) is 4. The van der Waals surface area contributed by atoms with Gasteiger partial charge in [0.25, 0.3) is 0 Å². The van der Waals surface area contributed by atoms with E-state index < -0.39 is 16.1 Å². The van der Waals surface area contributed by atoms with E-state index in [0.717, 1.165) is 27.3 Å². The van der Waals surface area contributed by atoms with Gasteiger partial charge in [0.1, 0.15) is 6.04 Å². The fourth-order valence-electron chi connectivity index (χ4n) is 4.61. The third kappa shape index (κ3) is 9.75. The molecule has 0 fully saturated rings. The predicted octanol–water partition coefficient (Wildman–Crippen LogP) is 6.26. The van der Waals surface area contributed by atoms with E-state index in [1.165, 1.54) is 12.1 Å². The smallest absolute Gasteiger partial charge is 0.243 e. The summed E-state index contributed by atoms with van der Waals surface area (Å²) in [6, 6.07) is 21.2. The van der Waals surface area contributed by atoms with Crippen LogP contribution in [0.3, 0.4) is 0 Å². The molecule has 0 aliphatic rings. The van der Waals surface area contributed by atoms with Crippen molar-refractivity contribution in [3.63, 3.8) is 0 Å². The molecule has 3 aromatic carbocycles. The number of nitrogens with zero attached hydrogens (tertiary/aromatic N) is 2. The first-order valence-corrected chi connectivity index (χ1v) is 16.6. The van der Waals surface area contributed by atoms with Crippen LogP contribution in [0.4, 0.5) is 5.69 Å². The topological polar surface area (TPSA) is 86.8 Å². The van der Waals surface area contributed by atoms with Crippen molar-refractivity contribution >= 4 is 50.7 Å². The van der Waals surface area contributed by atoms with E-state index in [1.807, 2.05) is 75.4 Å². The molecule has 0 bridgehead atoms. The largest absolute Gasteiger partial charge is 0.354 e. The lowest BCUT2D eigenvalue weighted by molar-refractivity contribution is -0.141. The predicted molar refractivity (Wildman–Crippen MR) is 171 cm³/mol. The molecule has 7 nitrogen and oxygen atoms in total. The summed E-state index contributed by atoms with van der Waals surface area (Å²) in [5.74, 6) is -0.227. The first kappa shape index (κ1) is 33.4. The quantitative estimate of drug-likeness (QED) is 0.227. The van der Waals surface area contributed by atoms with Crippen LogP contribution in [0.5, 0.6) is 0 Å². The molecule has 3 rings (SSSR count). The van der Waals surface area contributed by atoms with Crippen molar-refractivity contribution < 1.29 is 18.0 Å². The molecular formula is C32H39Cl2N3O4S. The van der Waals surface area contributed by atoms with Crippen LogP contribution >= 0.6 is 23.2 Å². The van der Waals surface area contributed by atoms with Crippen molar-refractivity contribution in [2.24, 2.45) is 5.92 Å². The van der Waals surface area contributed by atoms with Gasteiger partial charge in [-0.15, -0.1) is 0 Å². The fourth-order valence-corrected chi connectivity index (χ4v) is 6.01. The van der Waals surface area contributed by atoms with Crippen LogP contribution in [-0.4, -0.2) is 50.5 Å². The minimum Gasteiger partial charge on any atom is -0.354 e. The molecule has 1 N–H and O–H groups in total. The second-order valence-electron chi connectivity index (χ2n) is 10.8. The van der Waals surface area contributed by atoms with Crippen molar-refractivity contribution in [2.45, 2.75) is 52.6 Å². The molecule has 3 aromatic rings. The Bertz CT molecular complexity index is 1470. The number of benzene rings is 3. The van der Waals surface area contributed by atoms with E-state index in [-0.39, 0.29) is 54.4 Å². The van der Waals surface area contributed by atoms with E-state index in [4.69, 9.17) is 23.2 Å². The van der Waals surface area contributed by atoms with Crippen LogP contribution in [0.2, 0.25) is 10.0 Å². The minimum atomic E-state index is -3.71. The minimum absolute atomic E-state index is 0.0196. The van der Waals surface area contributed by atoms with Gasteiger partial charge in [-0.3, -0.25) is 13.9 Å². The molecule has 42 heavy (non-hydrogen) atoms. The summed E-state index contributed by atoms with van der Waals surface area (Å²) in [6.45, 7) is 6.76. The molecule has 1 atom stereocenters. The van der Waals surface area contributed by atoms with E-state index in [1.54, 1.807) is 11.0 Å². The van der Waals surface area contributed by atoms with Crippen LogP contribution in [-0.2, 0) is 32.6 Å². The number of sulfonamides is 1. The van der Waals surface area contributed by atoms with Gasteiger partial charge in [0.15, 0.2) is 0 Å². The average Bonchev–Trinajstić information content (AvgIpc) is 2.94. The highest BCUT2D eigenvalue weighted by Crippen LogP contribution is 2.31. The molecule has 0 saturated heterocycles. The number of rotatable bonds is 14. The van der Waals surface area contributed by atoms with Gasteiger partial charge in [-0.05, 0) is 54.2 Å². The van der Waals surface area contributed by atoms with Gasteiger partial charge in [-0.2, -0.15) is 0 Å². The van der Waals surface area contributed by atoms with Gasteiger partial charge < -0.3 is 10.2 Å². The second kappa shape index (κ2) is 15.4. The maximum absolute atomic E-state index is 14.0. The number of aryl methyl sites for hydroxylation is 1. The summed E-state index contributed by atoms with van der Waals surface area (Å²) in [5, 5.41) is 3.60. The molecule has 0 heterocycles. The molecule has 10 heteroatoms. The van der Waals surface area contributed by atoms with E-state index >= 15 is 0 Å². The Kier molecular flexibility index (Phi) is 12.3. The van der Waals surface area contributed by atoms with Gasteiger partial charge in [0.05, 0.1) is 17.0 Å². The molecule has 0 aliphatic heterocycles. The summed E-state index contributed by atoms with van der Waals surface area (Å²) in [5.41, 5.74) is 3.13. The van der Waals surface area contributed by atoms with Crippen molar-refractivity contribution in [1.29, 1.82) is 0 Å². The van der Waals surface area contributed by atoms with Gasteiger partial charge in [0.2, 0.25) is 21.8 Å². The Morgan fingerprint density at radius 3 is 2.26 bits per heavy atom. The lowest BCUT2D eigenvalue weighted by atomic mass is 10.0.